The van der Waals surface area contributed by atoms with Crippen LogP contribution in [0.15, 0.2) is 42.5 Å². The van der Waals surface area contributed by atoms with Gasteiger partial charge in [0.25, 0.3) is 0 Å². The summed E-state index contributed by atoms with van der Waals surface area (Å²) in [6.07, 6.45) is -0.858. The number of carbonyl (C=O) groups is 1. The summed E-state index contributed by atoms with van der Waals surface area (Å²) in [4.78, 5) is 17.8. The van der Waals surface area contributed by atoms with Crippen LogP contribution in [0, 0.1) is 5.82 Å². The average Bonchev–Trinajstić information content (AvgIpc) is 3.30. The molecule has 9 nitrogen and oxygen atoms in total. The van der Waals surface area contributed by atoms with Gasteiger partial charge in [-0.15, -0.1) is 0 Å². The van der Waals surface area contributed by atoms with E-state index < -0.39 is 6.09 Å². The molecule has 0 aromatic heterocycles. The van der Waals surface area contributed by atoms with E-state index in [1.807, 2.05) is 18.9 Å². The van der Waals surface area contributed by atoms with Gasteiger partial charge in [-0.1, -0.05) is 12.1 Å². The molecule has 3 N–H and O–H groups in total. The molecule has 2 heterocycles. The summed E-state index contributed by atoms with van der Waals surface area (Å²) >= 11 is 0. The molecule has 2 aromatic carbocycles. The molecule has 10 heteroatoms. The van der Waals surface area contributed by atoms with Crippen LogP contribution in [0.5, 0.6) is 0 Å². The normalized spacial score (nSPS) is 18.1. The quantitative estimate of drug-likeness (QED) is 0.455. The molecule has 2 aliphatic rings. The summed E-state index contributed by atoms with van der Waals surface area (Å²) in [6.45, 7) is 8.69. The van der Waals surface area contributed by atoms with Gasteiger partial charge < -0.3 is 25.0 Å². The number of hydrogen-bond acceptors (Lipinski definition) is 8. The van der Waals surface area contributed by atoms with Crippen LogP contribution >= 0.6 is 0 Å². The van der Waals surface area contributed by atoms with Gasteiger partial charge in [-0.3, -0.25) is 10.3 Å². The molecule has 4 rings (SSSR count). The Balaban J connectivity index is 1.34. The fraction of sp³-hybridized carbons (Fsp3) is 0.500. The van der Waals surface area contributed by atoms with Crippen LogP contribution in [-0.4, -0.2) is 83.3 Å². The van der Waals surface area contributed by atoms with Gasteiger partial charge in [-0.25, -0.2) is 14.2 Å². The number of anilines is 3. The van der Waals surface area contributed by atoms with Crippen LogP contribution in [-0.2, 0) is 16.0 Å². The molecular weight excluding hydrogens is 463 g/mol. The predicted molar refractivity (Wildman–Crippen MR) is 140 cm³/mol. The Hall–Kier alpha value is -2.92. The van der Waals surface area contributed by atoms with E-state index in [0.717, 1.165) is 32.8 Å². The largest absolute Gasteiger partial charge is 0.443 e. The van der Waals surface area contributed by atoms with Gasteiger partial charge in [-0.2, -0.15) is 0 Å². The highest BCUT2D eigenvalue weighted by atomic mass is 19.1. The van der Waals surface area contributed by atoms with E-state index in [1.54, 1.807) is 12.1 Å². The molecule has 2 fully saturated rings. The molecule has 1 amide bonds. The highest BCUT2D eigenvalue weighted by Crippen LogP contribution is 2.28. The molecule has 36 heavy (non-hydrogen) atoms. The Morgan fingerprint density at radius 1 is 1.11 bits per heavy atom. The summed E-state index contributed by atoms with van der Waals surface area (Å²) in [5.41, 5.74) is 12.3. The second-order valence-corrected chi connectivity index (χ2v) is 8.98. The summed E-state index contributed by atoms with van der Waals surface area (Å²) in [6, 6.07) is 13.5. The van der Waals surface area contributed by atoms with Gasteiger partial charge in [0.05, 0.1) is 31.1 Å². The molecule has 2 aromatic rings. The number of hydrogen-bond donors (Lipinski definition) is 2. The zero-order valence-corrected chi connectivity index (χ0v) is 21.2. The Morgan fingerprint density at radius 3 is 2.44 bits per heavy atom. The summed E-state index contributed by atoms with van der Waals surface area (Å²) < 4.78 is 25.7. The van der Waals surface area contributed by atoms with Crippen LogP contribution in [0.2, 0.25) is 0 Å². The van der Waals surface area contributed by atoms with Crippen molar-refractivity contribution in [2.75, 3.05) is 80.8 Å². The smallest absolute Gasteiger partial charge is 0.414 e. The van der Waals surface area contributed by atoms with Crippen molar-refractivity contribution in [1.82, 2.24) is 10.4 Å². The van der Waals surface area contributed by atoms with Crippen molar-refractivity contribution in [2.45, 2.75) is 19.6 Å². The fourth-order valence-corrected chi connectivity index (χ4v) is 4.59. The molecule has 2 aliphatic heterocycles. The fourth-order valence-electron chi connectivity index (χ4n) is 4.59. The van der Waals surface area contributed by atoms with Crippen molar-refractivity contribution < 1.29 is 18.7 Å². The number of nitrogens with zero attached hydrogens (tertiary/aromatic N) is 4. The van der Waals surface area contributed by atoms with Crippen LogP contribution in [0.4, 0.5) is 26.2 Å². The monoisotopic (exact) mass is 500 g/mol. The first kappa shape index (κ1) is 26.2. The number of hydrazine groups is 1. The number of nitrogens with one attached hydrogen (secondary N) is 1. The Morgan fingerprint density at radius 2 is 1.83 bits per heavy atom. The minimum atomic E-state index is -0.493. The van der Waals surface area contributed by atoms with Crippen molar-refractivity contribution in [2.24, 2.45) is 5.73 Å². The molecule has 196 valence electrons. The standard InChI is InChI=1S/C26H37FN6O3/c1-3-30(25-9-8-22(16-24(25)27)33-19-23(17-28)36-26(33)34)10-11-32(29-2)18-20-4-6-21(7-5-20)31-12-14-35-15-13-31/h4-9,16,23,29H,3,10-15,17-19,28H2,1-2H3/t23-/m0/s1. The third-order valence-corrected chi connectivity index (χ3v) is 6.74. The molecule has 0 saturated carbocycles. The number of rotatable bonds is 11. The summed E-state index contributed by atoms with van der Waals surface area (Å²) in [5, 5.41) is 2.12. The first-order chi connectivity index (χ1) is 17.5. The Kier molecular flexibility index (Phi) is 8.98. The molecule has 0 unspecified atom stereocenters. The number of halogens is 1. The number of cyclic esters (lactones) is 1. The van der Waals surface area contributed by atoms with Gasteiger partial charge >= 0.3 is 6.09 Å². The van der Waals surface area contributed by atoms with Crippen molar-refractivity contribution in [1.29, 1.82) is 0 Å². The average molecular weight is 501 g/mol. The predicted octanol–water partition coefficient (Wildman–Crippen LogP) is 2.41. The molecule has 2 saturated heterocycles. The van der Waals surface area contributed by atoms with E-state index in [9.17, 15) is 4.79 Å². The first-order valence-electron chi connectivity index (χ1n) is 12.6. The number of ether oxygens (including phenoxy) is 2. The van der Waals surface area contributed by atoms with Gasteiger partial charge in [0.15, 0.2) is 0 Å². The molecule has 0 spiro atoms. The van der Waals surface area contributed by atoms with Crippen LogP contribution < -0.4 is 25.9 Å². The second kappa shape index (κ2) is 12.4. The lowest BCUT2D eigenvalue weighted by molar-refractivity contribution is 0.122. The number of benzene rings is 2. The van der Waals surface area contributed by atoms with E-state index >= 15 is 4.39 Å². The van der Waals surface area contributed by atoms with Crippen LogP contribution in [0.1, 0.15) is 12.5 Å². The van der Waals surface area contributed by atoms with Crippen molar-refractivity contribution in [3.63, 3.8) is 0 Å². The Bertz CT molecular complexity index is 1000. The molecular formula is C26H37FN6O3. The molecule has 0 radical (unpaired) electrons. The highest BCUT2D eigenvalue weighted by Gasteiger charge is 2.32. The number of carbonyl (C=O) groups excluding carboxylic acids is 1. The molecule has 1 atom stereocenters. The van der Waals surface area contributed by atoms with Crippen molar-refractivity contribution in [3.8, 4) is 0 Å². The number of morpholine rings is 1. The zero-order chi connectivity index (χ0) is 25.5. The lowest BCUT2D eigenvalue weighted by atomic mass is 10.2. The zero-order valence-electron chi connectivity index (χ0n) is 21.2. The van der Waals surface area contributed by atoms with Crippen molar-refractivity contribution >= 4 is 23.2 Å². The second-order valence-electron chi connectivity index (χ2n) is 8.98. The van der Waals surface area contributed by atoms with Gasteiger partial charge in [0.2, 0.25) is 0 Å². The van der Waals surface area contributed by atoms with Gasteiger partial charge in [0.1, 0.15) is 11.9 Å². The third kappa shape index (κ3) is 6.25. The van der Waals surface area contributed by atoms with E-state index in [-0.39, 0.29) is 18.5 Å². The third-order valence-electron chi connectivity index (χ3n) is 6.74. The molecule has 0 aliphatic carbocycles. The first-order valence-corrected chi connectivity index (χ1v) is 12.6. The van der Waals surface area contributed by atoms with E-state index in [4.69, 9.17) is 15.2 Å². The van der Waals surface area contributed by atoms with E-state index in [2.05, 4.69) is 39.6 Å². The summed E-state index contributed by atoms with van der Waals surface area (Å²) in [7, 11) is 1.90. The maximum absolute atomic E-state index is 15.1. The molecule has 0 bridgehead atoms. The highest BCUT2D eigenvalue weighted by molar-refractivity contribution is 5.90. The maximum Gasteiger partial charge on any atom is 0.414 e. The maximum atomic E-state index is 15.1. The van der Waals surface area contributed by atoms with E-state index in [0.29, 0.717) is 37.6 Å². The minimum Gasteiger partial charge on any atom is -0.443 e. The summed E-state index contributed by atoms with van der Waals surface area (Å²) in [5.74, 6) is -0.368. The number of likely N-dealkylation sites (N-methyl/N-ethyl adjacent to an activating group) is 1. The Labute approximate surface area is 212 Å². The van der Waals surface area contributed by atoms with Gasteiger partial charge in [-0.05, 0) is 49.9 Å². The van der Waals surface area contributed by atoms with Crippen molar-refractivity contribution in [3.05, 3.63) is 53.8 Å². The SMILES string of the molecule is CCN(CCN(Cc1ccc(N2CCOCC2)cc1)NC)c1ccc(N2C[C@H](CN)OC2=O)cc1F. The van der Waals surface area contributed by atoms with Crippen LogP contribution in [0.25, 0.3) is 0 Å². The minimum absolute atomic E-state index is 0.242. The van der Waals surface area contributed by atoms with E-state index in [1.165, 1.54) is 22.2 Å². The lowest BCUT2D eigenvalue weighted by Crippen LogP contribution is -2.41. The number of nitrogens with two attached hydrogens (primary N) is 1. The van der Waals surface area contributed by atoms with Gasteiger partial charge in [0, 0.05) is 51.5 Å². The topological polar surface area (TPSA) is 86.5 Å². The number of amides is 1. The lowest BCUT2D eigenvalue weighted by Gasteiger charge is -2.30. The van der Waals surface area contributed by atoms with Crippen LogP contribution in [0.3, 0.4) is 0 Å².